The first-order valence-corrected chi connectivity index (χ1v) is 6.32. The minimum atomic E-state index is -5.09. The van der Waals surface area contributed by atoms with Gasteiger partial charge in [-0.05, 0) is 29.8 Å². The molecule has 2 N–H and O–H groups in total. The van der Waals surface area contributed by atoms with Crippen LogP contribution in [0.25, 0.3) is 0 Å². The molecule has 0 fully saturated rings. The molecule has 5 nitrogen and oxygen atoms in total. The summed E-state index contributed by atoms with van der Waals surface area (Å²) in [5, 5.41) is 10.8. The van der Waals surface area contributed by atoms with Crippen LogP contribution in [0.2, 0.25) is 0 Å². The number of halogens is 5. The molecule has 1 atom stereocenters. The zero-order valence-corrected chi connectivity index (χ0v) is 11.6. The molecule has 24 heavy (non-hydrogen) atoms. The summed E-state index contributed by atoms with van der Waals surface area (Å²) in [6.45, 7) is 0. The first-order valence-electron chi connectivity index (χ1n) is 6.32. The maximum Gasteiger partial charge on any atom is 0.573 e. The van der Waals surface area contributed by atoms with Crippen molar-refractivity contribution in [1.29, 1.82) is 0 Å². The number of alkyl halides is 3. The summed E-state index contributed by atoms with van der Waals surface area (Å²) in [4.78, 5) is 14.6. The van der Waals surface area contributed by atoms with E-state index in [0.717, 1.165) is 12.1 Å². The van der Waals surface area contributed by atoms with Crippen molar-refractivity contribution in [3.8, 4) is 5.75 Å². The van der Waals surface area contributed by atoms with Crippen LogP contribution >= 0.6 is 0 Å². The molecule has 0 bridgehead atoms. The molecule has 2 rings (SSSR count). The van der Waals surface area contributed by atoms with E-state index >= 15 is 0 Å². The molecule has 0 aliphatic heterocycles. The number of nitrogens with zero attached hydrogens (tertiary/aromatic N) is 1. The summed E-state index contributed by atoms with van der Waals surface area (Å²) in [5.74, 6) is -3.35. The third-order valence-corrected chi connectivity index (χ3v) is 2.84. The Morgan fingerprint density at radius 3 is 2.46 bits per heavy atom. The number of hydrogen-bond acceptors (Lipinski definition) is 3. The molecule has 128 valence electrons. The number of rotatable bonds is 4. The highest BCUT2D eigenvalue weighted by Gasteiger charge is 2.33. The minimum Gasteiger partial charge on any atom is -0.465 e. The van der Waals surface area contributed by atoms with Gasteiger partial charge in [0, 0.05) is 6.20 Å². The van der Waals surface area contributed by atoms with Crippen molar-refractivity contribution < 1.29 is 36.6 Å². The lowest BCUT2D eigenvalue weighted by atomic mass is 10.0. The number of carboxylic acid groups (broad SMARTS) is 1. The highest BCUT2D eigenvalue weighted by Crippen LogP contribution is 2.30. The fraction of sp³-hybridized carbons (Fsp3) is 0.143. The quantitative estimate of drug-likeness (QED) is 0.828. The highest BCUT2D eigenvalue weighted by atomic mass is 19.4. The van der Waals surface area contributed by atoms with E-state index in [2.05, 4.69) is 9.72 Å². The number of ether oxygens (including phenoxy) is 1. The second kappa shape index (κ2) is 6.69. The topological polar surface area (TPSA) is 71.5 Å². The van der Waals surface area contributed by atoms with Gasteiger partial charge in [-0.25, -0.2) is 13.6 Å². The third-order valence-electron chi connectivity index (χ3n) is 2.84. The van der Waals surface area contributed by atoms with Crippen LogP contribution < -0.4 is 10.1 Å². The van der Waals surface area contributed by atoms with E-state index in [1.165, 1.54) is 12.3 Å². The van der Waals surface area contributed by atoms with Crippen molar-refractivity contribution >= 4 is 6.09 Å². The van der Waals surface area contributed by atoms with E-state index in [9.17, 15) is 26.7 Å². The van der Waals surface area contributed by atoms with Crippen LogP contribution in [0.15, 0.2) is 36.5 Å². The molecule has 0 spiro atoms. The van der Waals surface area contributed by atoms with Crippen LogP contribution in [-0.2, 0) is 0 Å². The normalized spacial score (nSPS) is 12.5. The number of benzene rings is 1. The van der Waals surface area contributed by atoms with Gasteiger partial charge in [0.1, 0.15) is 17.6 Å². The molecular weight excluding hydrogens is 339 g/mol. The van der Waals surface area contributed by atoms with Crippen LogP contribution in [0.4, 0.5) is 26.7 Å². The molecule has 0 saturated heterocycles. The highest BCUT2D eigenvalue weighted by molar-refractivity contribution is 5.66. The first kappa shape index (κ1) is 17.4. The van der Waals surface area contributed by atoms with Gasteiger partial charge in [-0.1, -0.05) is 6.07 Å². The van der Waals surface area contributed by atoms with E-state index in [0.29, 0.717) is 12.1 Å². The molecule has 0 aliphatic carbocycles. The van der Waals surface area contributed by atoms with Crippen LogP contribution in [0.3, 0.4) is 0 Å². The van der Waals surface area contributed by atoms with Gasteiger partial charge in [0.2, 0.25) is 0 Å². The van der Waals surface area contributed by atoms with Crippen LogP contribution in [0.5, 0.6) is 5.75 Å². The fourth-order valence-electron chi connectivity index (χ4n) is 1.95. The summed E-state index contributed by atoms with van der Waals surface area (Å²) < 4.78 is 67.5. The number of nitrogens with one attached hydrogen (secondary N) is 1. The van der Waals surface area contributed by atoms with E-state index in [1.807, 2.05) is 5.32 Å². The third kappa shape index (κ3) is 4.31. The van der Waals surface area contributed by atoms with Crippen molar-refractivity contribution in [2.45, 2.75) is 12.4 Å². The molecule has 1 heterocycles. The lowest BCUT2D eigenvalue weighted by Crippen LogP contribution is -2.29. The maximum absolute atomic E-state index is 13.8. The second-order valence-electron chi connectivity index (χ2n) is 4.49. The van der Waals surface area contributed by atoms with E-state index in [4.69, 9.17) is 5.11 Å². The zero-order chi connectivity index (χ0) is 17.9. The second-order valence-corrected chi connectivity index (χ2v) is 4.49. The van der Waals surface area contributed by atoms with Crippen molar-refractivity contribution in [2.24, 2.45) is 0 Å². The Morgan fingerprint density at radius 2 is 1.92 bits per heavy atom. The molecule has 0 unspecified atom stereocenters. The Morgan fingerprint density at radius 1 is 1.21 bits per heavy atom. The summed E-state index contributed by atoms with van der Waals surface area (Å²) in [6, 6.07) is 3.09. The Hall–Kier alpha value is -2.91. The lowest BCUT2D eigenvalue weighted by molar-refractivity contribution is -0.275. The molecule has 2 aromatic rings. The fourth-order valence-corrected chi connectivity index (χ4v) is 1.95. The molecule has 0 radical (unpaired) electrons. The molecule has 0 aliphatic rings. The van der Waals surface area contributed by atoms with Gasteiger partial charge in [-0.3, -0.25) is 4.98 Å². The molecule has 1 amide bonds. The Labute approximate surface area is 131 Å². The van der Waals surface area contributed by atoms with Crippen LogP contribution in [-0.4, -0.2) is 22.5 Å². The monoisotopic (exact) mass is 348 g/mol. The van der Waals surface area contributed by atoms with Crippen LogP contribution in [0.1, 0.15) is 17.3 Å². The van der Waals surface area contributed by atoms with Crippen LogP contribution in [0, 0.1) is 11.6 Å². The van der Waals surface area contributed by atoms with Gasteiger partial charge in [0.05, 0.1) is 0 Å². The summed E-state index contributed by atoms with van der Waals surface area (Å²) in [6.07, 6.45) is -5.46. The smallest absolute Gasteiger partial charge is 0.465 e. The average molecular weight is 348 g/mol. The molecule has 1 aromatic heterocycles. The minimum absolute atomic E-state index is 0.151. The Bertz CT molecular complexity index is 751. The Kier molecular flexibility index (Phi) is 4.86. The van der Waals surface area contributed by atoms with Crippen molar-refractivity contribution in [2.75, 3.05) is 0 Å². The number of aromatic nitrogens is 1. The van der Waals surface area contributed by atoms with E-state index in [1.54, 1.807) is 0 Å². The van der Waals surface area contributed by atoms with Gasteiger partial charge in [-0.2, -0.15) is 0 Å². The molecular formula is C14H9F5N2O3. The molecule has 0 saturated carbocycles. The number of hydrogen-bond donors (Lipinski definition) is 2. The van der Waals surface area contributed by atoms with E-state index in [-0.39, 0.29) is 11.3 Å². The van der Waals surface area contributed by atoms with Crippen molar-refractivity contribution in [1.82, 2.24) is 10.3 Å². The van der Waals surface area contributed by atoms with Gasteiger partial charge in [-0.15, -0.1) is 13.2 Å². The van der Waals surface area contributed by atoms with Gasteiger partial charge in [0.15, 0.2) is 11.6 Å². The zero-order valence-electron chi connectivity index (χ0n) is 11.6. The summed E-state index contributed by atoms with van der Waals surface area (Å²) >= 11 is 0. The Balaban J connectivity index is 2.42. The van der Waals surface area contributed by atoms with Gasteiger partial charge in [0.25, 0.3) is 0 Å². The largest absolute Gasteiger partial charge is 0.573 e. The van der Waals surface area contributed by atoms with E-state index < -0.39 is 35.9 Å². The molecule has 1 aromatic carbocycles. The standard InChI is InChI=1S/C14H9F5N2O3/c15-8-2-1-5-20-12(8)11(21-13(22)23)7-3-4-10(9(16)6-7)24-14(17,18)19/h1-6,11,21H,(H,22,23)/t11-/m0/s1. The van der Waals surface area contributed by atoms with Gasteiger partial charge >= 0.3 is 12.5 Å². The SMILES string of the molecule is O=C(O)N[C@@H](c1ccc(OC(F)(F)F)c(F)c1)c1ncccc1F. The van der Waals surface area contributed by atoms with Gasteiger partial charge < -0.3 is 15.2 Å². The summed E-state index contributed by atoms with van der Waals surface area (Å²) in [7, 11) is 0. The number of pyridine rings is 1. The maximum atomic E-state index is 13.8. The first-order chi connectivity index (χ1) is 11.2. The summed E-state index contributed by atoms with van der Waals surface area (Å²) in [5.41, 5.74) is -0.509. The predicted octanol–water partition coefficient (Wildman–Crippen LogP) is 3.62. The average Bonchev–Trinajstić information content (AvgIpc) is 2.46. The number of carbonyl (C=O) groups is 1. The molecule has 10 heteroatoms. The van der Waals surface area contributed by atoms with Crippen molar-refractivity contribution in [3.63, 3.8) is 0 Å². The predicted molar refractivity (Wildman–Crippen MR) is 70.3 cm³/mol. The lowest BCUT2D eigenvalue weighted by Gasteiger charge is -2.18. The van der Waals surface area contributed by atoms with Crippen molar-refractivity contribution in [3.05, 3.63) is 59.4 Å². The number of amides is 1.